The van der Waals surface area contributed by atoms with Crippen molar-refractivity contribution >= 4 is 5.82 Å². The van der Waals surface area contributed by atoms with Gasteiger partial charge in [-0.25, -0.2) is 8.78 Å². The van der Waals surface area contributed by atoms with Crippen LogP contribution in [0.3, 0.4) is 0 Å². The minimum absolute atomic E-state index is 0.152. The number of nitrogens with one attached hydrogen (secondary N) is 1. The average molecular weight is 198 g/mol. The van der Waals surface area contributed by atoms with Crippen molar-refractivity contribution < 1.29 is 8.78 Å². The SMILES string of the molecule is CC(F)(F)CNc1ccc(C#N)nn1. The molecule has 1 heterocycles. The van der Waals surface area contributed by atoms with E-state index in [2.05, 4.69) is 15.5 Å². The fraction of sp³-hybridized carbons (Fsp3) is 0.375. The van der Waals surface area contributed by atoms with E-state index >= 15 is 0 Å². The van der Waals surface area contributed by atoms with Crippen LogP contribution < -0.4 is 5.32 Å². The van der Waals surface area contributed by atoms with Crippen LogP contribution in [-0.2, 0) is 0 Å². The van der Waals surface area contributed by atoms with Crippen molar-refractivity contribution in [3.8, 4) is 6.07 Å². The first-order chi connectivity index (χ1) is 6.51. The van der Waals surface area contributed by atoms with E-state index in [-0.39, 0.29) is 11.5 Å². The van der Waals surface area contributed by atoms with Gasteiger partial charge in [0, 0.05) is 6.92 Å². The summed E-state index contributed by atoms with van der Waals surface area (Å²) < 4.78 is 24.8. The maximum absolute atomic E-state index is 12.4. The predicted octanol–water partition coefficient (Wildman–Crippen LogP) is 1.42. The van der Waals surface area contributed by atoms with Gasteiger partial charge in [0.1, 0.15) is 11.9 Å². The van der Waals surface area contributed by atoms with Crippen molar-refractivity contribution in [3.63, 3.8) is 0 Å². The molecule has 0 aliphatic heterocycles. The summed E-state index contributed by atoms with van der Waals surface area (Å²) >= 11 is 0. The van der Waals surface area contributed by atoms with Crippen molar-refractivity contribution in [2.75, 3.05) is 11.9 Å². The lowest BCUT2D eigenvalue weighted by atomic mass is 10.3. The number of rotatable bonds is 3. The zero-order valence-electron chi connectivity index (χ0n) is 7.46. The highest BCUT2D eigenvalue weighted by Gasteiger charge is 2.20. The van der Waals surface area contributed by atoms with Crippen molar-refractivity contribution in [1.82, 2.24) is 10.2 Å². The molecule has 0 aliphatic carbocycles. The van der Waals surface area contributed by atoms with Crippen LogP contribution in [0.4, 0.5) is 14.6 Å². The number of hydrogen-bond donors (Lipinski definition) is 1. The fourth-order valence-electron chi connectivity index (χ4n) is 0.732. The van der Waals surface area contributed by atoms with E-state index in [1.54, 1.807) is 6.07 Å². The first-order valence-corrected chi connectivity index (χ1v) is 3.87. The molecule has 6 heteroatoms. The summed E-state index contributed by atoms with van der Waals surface area (Å²) in [6.45, 7) is 0.296. The Morgan fingerprint density at radius 1 is 1.50 bits per heavy atom. The van der Waals surface area contributed by atoms with Crippen LogP contribution in [0.15, 0.2) is 12.1 Å². The standard InChI is InChI=1S/C8H8F2N4/c1-8(9,10)5-12-7-3-2-6(4-11)13-14-7/h2-3H,5H2,1H3,(H,12,14). The van der Waals surface area contributed by atoms with Crippen LogP contribution in [0.5, 0.6) is 0 Å². The molecule has 14 heavy (non-hydrogen) atoms. The highest BCUT2D eigenvalue weighted by atomic mass is 19.3. The number of hydrogen-bond acceptors (Lipinski definition) is 4. The maximum Gasteiger partial charge on any atom is 0.262 e. The summed E-state index contributed by atoms with van der Waals surface area (Å²) in [5.74, 6) is -2.57. The third-order valence-corrected chi connectivity index (χ3v) is 1.36. The van der Waals surface area contributed by atoms with Crippen molar-refractivity contribution in [1.29, 1.82) is 5.26 Å². The Morgan fingerprint density at radius 2 is 2.21 bits per heavy atom. The number of aromatic nitrogens is 2. The molecular weight excluding hydrogens is 190 g/mol. The fourth-order valence-corrected chi connectivity index (χ4v) is 0.732. The van der Waals surface area contributed by atoms with Crippen molar-refractivity contribution in [2.24, 2.45) is 0 Å². The highest BCUT2D eigenvalue weighted by molar-refractivity contribution is 5.35. The summed E-state index contributed by atoms with van der Waals surface area (Å²) in [6, 6.07) is 4.61. The van der Waals surface area contributed by atoms with Crippen molar-refractivity contribution in [2.45, 2.75) is 12.8 Å². The lowest BCUT2D eigenvalue weighted by Gasteiger charge is -2.10. The molecule has 0 unspecified atom stereocenters. The number of halogens is 2. The predicted molar refractivity (Wildman–Crippen MR) is 45.9 cm³/mol. The molecule has 0 amide bonds. The van der Waals surface area contributed by atoms with Gasteiger partial charge in [0.05, 0.1) is 6.54 Å². The Kier molecular flexibility index (Phi) is 2.92. The van der Waals surface area contributed by atoms with E-state index in [1.165, 1.54) is 12.1 Å². The Morgan fingerprint density at radius 3 is 2.64 bits per heavy atom. The van der Waals surface area contributed by atoms with Gasteiger partial charge >= 0.3 is 0 Å². The van der Waals surface area contributed by atoms with Crippen LogP contribution in [0.1, 0.15) is 12.6 Å². The van der Waals surface area contributed by atoms with E-state index in [9.17, 15) is 8.78 Å². The summed E-state index contributed by atoms with van der Waals surface area (Å²) in [7, 11) is 0. The molecule has 0 fully saturated rings. The molecule has 0 radical (unpaired) electrons. The highest BCUT2D eigenvalue weighted by Crippen LogP contribution is 2.12. The van der Waals surface area contributed by atoms with Gasteiger partial charge in [-0.2, -0.15) is 5.26 Å². The second kappa shape index (κ2) is 3.96. The summed E-state index contributed by atoms with van der Waals surface area (Å²) in [6.07, 6.45) is 0. The molecule has 1 aromatic heterocycles. The molecule has 0 bridgehead atoms. The molecule has 0 aliphatic rings. The van der Waals surface area contributed by atoms with Gasteiger partial charge in [-0.15, -0.1) is 10.2 Å². The molecule has 74 valence electrons. The molecule has 1 rings (SSSR count). The molecule has 4 nitrogen and oxygen atoms in total. The summed E-state index contributed by atoms with van der Waals surface area (Å²) in [4.78, 5) is 0. The van der Waals surface area contributed by atoms with E-state index in [1.807, 2.05) is 0 Å². The third-order valence-electron chi connectivity index (χ3n) is 1.36. The first kappa shape index (κ1) is 10.3. The van der Waals surface area contributed by atoms with Gasteiger partial charge in [0.25, 0.3) is 5.92 Å². The van der Waals surface area contributed by atoms with Crippen LogP contribution in [0, 0.1) is 11.3 Å². The second-order valence-electron chi connectivity index (χ2n) is 2.84. The molecule has 0 aromatic carbocycles. The average Bonchev–Trinajstić information content (AvgIpc) is 2.14. The van der Waals surface area contributed by atoms with Crippen LogP contribution >= 0.6 is 0 Å². The molecular formula is C8H8F2N4. The third kappa shape index (κ3) is 3.31. The van der Waals surface area contributed by atoms with E-state index in [0.717, 1.165) is 6.92 Å². The van der Waals surface area contributed by atoms with Gasteiger partial charge in [-0.3, -0.25) is 0 Å². The molecule has 1 N–H and O–H groups in total. The molecule has 0 spiro atoms. The zero-order chi connectivity index (χ0) is 10.6. The Balaban J connectivity index is 2.58. The molecule has 1 aromatic rings. The van der Waals surface area contributed by atoms with Gasteiger partial charge in [0.15, 0.2) is 5.69 Å². The minimum Gasteiger partial charge on any atom is -0.363 e. The second-order valence-corrected chi connectivity index (χ2v) is 2.84. The molecule has 0 saturated heterocycles. The van der Waals surface area contributed by atoms with E-state index < -0.39 is 12.5 Å². The maximum atomic E-state index is 12.4. The Hall–Kier alpha value is -1.77. The number of nitriles is 1. The van der Waals surface area contributed by atoms with Gasteiger partial charge in [-0.1, -0.05) is 0 Å². The van der Waals surface area contributed by atoms with Gasteiger partial charge in [0.2, 0.25) is 0 Å². The Labute approximate surface area is 79.6 Å². The molecule has 0 atom stereocenters. The van der Waals surface area contributed by atoms with Crippen molar-refractivity contribution in [3.05, 3.63) is 17.8 Å². The van der Waals surface area contributed by atoms with E-state index in [4.69, 9.17) is 5.26 Å². The first-order valence-electron chi connectivity index (χ1n) is 3.87. The number of anilines is 1. The monoisotopic (exact) mass is 198 g/mol. The van der Waals surface area contributed by atoms with Crippen LogP contribution in [-0.4, -0.2) is 22.7 Å². The topological polar surface area (TPSA) is 61.6 Å². The largest absolute Gasteiger partial charge is 0.363 e. The smallest absolute Gasteiger partial charge is 0.262 e. The normalized spacial score (nSPS) is 10.7. The molecule has 0 saturated carbocycles. The van der Waals surface area contributed by atoms with Crippen LogP contribution in [0.2, 0.25) is 0 Å². The minimum atomic E-state index is -2.80. The van der Waals surface area contributed by atoms with E-state index in [0.29, 0.717) is 0 Å². The number of nitrogens with zero attached hydrogens (tertiary/aromatic N) is 3. The lowest BCUT2D eigenvalue weighted by Crippen LogP contribution is -2.23. The number of alkyl halides is 2. The summed E-state index contributed by atoms with van der Waals surface area (Å²) in [5, 5.41) is 17.8. The van der Waals surface area contributed by atoms with Gasteiger partial charge < -0.3 is 5.32 Å². The summed E-state index contributed by atoms with van der Waals surface area (Å²) in [5.41, 5.74) is 0.152. The lowest BCUT2D eigenvalue weighted by molar-refractivity contribution is 0.0367. The Bertz CT molecular complexity index is 336. The van der Waals surface area contributed by atoms with Crippen LogP contribution in [0.25, 0.3) is 0 Å². The quantitative estimate of drug-likeness (QED) is 0.797. The van der Waals surface area contributed by atoms with Gasteiger partial charge in [-0.05, 0) is 12.1 Å². The zero-order valence-corrected chi connectivity index (χ0v) is 7.46.